The predicted octanol–water partition coefficient (Wildman–Crippen LogP) is 4.26. The lowest BCUT2D eigenvalue weighted by Gasteiger charge is -2.07. The summed E-state index contributed by atoms with van der Waals surface area (Å²) in [5, 5.41) is 4.31. The highest BCUT2D eigenvalue weighted by atomic mass is 35.5. The van der Waals surface area contributed by atoms with Crippen molar-refractivity contribution in [2.24, 2.45) is 0 Å². The minimum atomic E-state index is -0.252. The monoisotopic (exact) mass is 365 g/mol. The van der Waals surface area contributed by atoms with Gasteiger partial charge >= 0.3 is 0 Å². The Kier molecular flexibility index (Phi) is 4.46. The van der Waals surface area contributed by atoms with Crippen LogP contribution in [0.2, 0.25) is 5.02 Å². The number of rotatable bonds is 5. The molecule has 0 spiro atoms. The second-order valence-electron chi connectivity index (χ2n) is 6.03. The Morgan fingerprint density at radius 1 is 1.15 bits per heavy atom. The molecule has 0 saturated heterocycles. The molecule has 0 bridgehead atoms. The number of halogens is 1. The number of nitrogens with zero attached hydrogens (tertiary/aromatic N) is 2. The third kappa shape index (κ3) is 3.63. The molecular weight excluding hydrogens is 350 g/mol. The smallest absolute Gasteiger partial charge is 0.287 e. The zero-order valence-corrected chi connectivity index (χ0v) is 14.6. The van der Waals surface area contributed by atoms with Crippen LogP contribution in [0.25, 0.3) is 11.0 Å². The molecule has 0 aliphatic heterocycles. The molecule has 2 aromatic carbocycles. The van der Waals surface area contributed by atoms with Crippen molar-refractivity contribution >= 4 is 28.5 Å². The SMILES string of the molecule is O=C(NCc1cccc(Cn2ccnc2)c1)c1cc2cc(Cl)ccc2o1. The van der Waals surface area contributed by atoms with E-state index >= 15 is 0 Å². The van der Waals surface area contributed by atoms with Crippen LogP contribution in [-0.2, 0) is 13.1 Å². The maximum absolute atomic E-state index is 12.4. The number of imidazole rings is 1. The lowest BCUT2D eigenvalue weighted by atomic mass is 10.1. The molecule has 0 aliphatic rings. The van der Waals surface area contributed by atoms with E-state index in [9.17, 15) is 4.79 Å². The van der Waals surface area contributed by atoms with E-state index in [1.807, 2.05) is 29.0 Å². The van der Waals surface area contributed by atoms with Crippen LogP contribution in [0.4, 0.5) is 0 Å². The van der Waals surface area contributed by atoms with Crippen LogP contribution in [-0.4, -0.2) is 15.5 Å². The van der Waals surface area contributed by atoms with Crippen molar-refractivity contribution in [1.82, 2.24) is 14.9 Å². The largest absolute Gasteiger partial charge is 0.451 e. The number of fused-ring (bicyclic) bond motifs is 1. The summed E-state index contributed by atoms with van der Waals surface area (Å²) < 4.78 is 7.58. The highest BCUT2D eigenvalue weighted by molar-refractivity contribution is 6.31. The summed E-state index contributed by atoms with van der Waals surface area (Å²) in [6.07, 6.45) is 5.45. The standard InChI is InChI=1S/C20H16ClN3O2/c21-17-4-5-18-16(9-17)10-19(26-18)20(25)23-11-14-2-1-3-15(8-14)12-24-7-6-22-13-24/h1-10,13H,11-12H2,(H,23,25). The Labute approximate surface area is 155 Å². The molecule has 0 atom stereocenters. The fourth-order valence-electron chi connectivity index (χ4n) is 2.82. The maximum Gasteiger partial charge on any atom is 0.287 e. The van der Waals surface area contributed by atoms with Gasteiger partial charge in [-0.2, -0.15) is 0 Å². The van der Waals surface area contributed by atoms with Crippen LogP contribution < -0.4 is 5.32 Å². The van der Waals surface area contributed by atoms with Gasteiger partial charge in [0.15, 0.2) is 5.76 Å². The number of amides is 1. The molecule has 6 heteroatoms. The topological polar surface area (TPSA) is 60.1 Å². The number of furan rings is 1. The van der Waals surface area contributed by atoms with Gasteiger partial charge in [0.1, 0.15) is 5.58 Å². The molecule has 0 unspecified atom stereocenters. The van der Waals surface area contributed by atoms with Gasteiger partial charge < -0.3 is 14.3 Å². The van der Waals surface area contributed by atoms with Crippen LogP contribution in [0.3, 0.4) is 0 Å². The van der Waals surface area contributed by atoms with E-state index in [1.165, 1.54) is 0 Å². The van der Waals surface area contributed by atoms with Crippen LogP contribution in [0.15, 0.2) is 71.7 Å². The van der Waals surface area contributed by atoms with Gasteiger partial charge in [-0.1, -0.05) is 35.9 Å². The summed E-state index contributed by atoms with van der Waals surface area (Å²) in [6.45, 7) is 1.17. The fraction of sp³-hybridized carbons (Fsp3) is 0.100. The van der Waals surface area contributed by atoms with Crippen molar-refractivity contribution < 1.29 is 9.21 Å². The van der Waals surface area contributed by atoms with Gasteiger partial charge in [-0.05, 0) is 35.4 Å². The second kappa shape index (κ2) is 7.06. The first kappa shape index (κ1) is 16.4. The first-order chi connectivity index (χ1) is 12.7. The van der Waals surface area contributed by atoms with E-state index in [0.29, 0.717) is 17.2 Å². The summed E-state index contributed by atoms with van der Waals surface area (Å²) in [6, 6.07) is 15.1. The number of carbonyl (C=O) groups excluding carboxylic acids is 1. The van der Waals surface area contributed by atoms with E-state index in [2.05, 4.69) is 16.4 Å². The number of nitrogens with one attached hydrogen (secondary N) is 1. The lowest BCUT2D eigenvalue weighted by Crippen LogP contribution is -2.22. The Morgan fingerprint density at radius 3 is 2.88 bits per heavy atom. The van der Waals surface area contributed by atoms with Gasteiger partial charge in [0, 0.05) is 35.9 Å². The van der Waals surface area contributed by atoms with Crippen LogP contribution in [0, 0.1) is 0 Å². The Bertz CT molecular complexity index is 1050. The molecule has 5 nitrogen and oxygen atoms in total. The average Bonchev–Trinajstić information content (AvgIpc) is 3.29. The fourth-order valence-corrected chi connectivity index (χ4v) is 3.01. The van der Waals surface area contributed by atoms with Gasteiger partial charge in [-0.25, -0.2) is 4.98 Å². The molecule has 130 valence electrons. The Hall–Kier alpha value is -3.05. The molecule has 0 aliphatic carbocycles. The van der Waals surface area contributed by atoms with Crippen molar-refractivity contribution in [2.75, 3.05) is 0 Å². The van der Waals surface area contributed by atoms with Crippen molar-refractivity contribution in [3.05, 3.63) is 89.2 Å². The van der Waals surface area contributed by atoms with Gasteiger partial charge in [-0.3, -0.25) is 4.79 Å². The maximum atomic E-state index is 12.4. The summed E-state index contributed by atoms with van der Waals surface area (Å²) in [5.41, 5.74) is 2.81. The molecule has 1 amide bonds. The van der Waals surface area contributed by atoms with Gasteiger partial charge in [0.25, 0.3) is 5.91 Å². The van der Waals surface area contributed by atoms with Crippen LogP contribution in [0.5, 0.6) is 0 Å². The quantitative estimate of drug-likeness (QED) is 0.574. The first-order valence-electron chi connectivity index (χ1n) is 8.18. The number of hydrogen-bond donors (Lipinski definition) is 1. The molecule has 4 aromatic rings. The zero-order chi connectivity index (χ0) is 17.9. The molecular formula is C20H16ClN3O2. The van der Waals surface area contributed by atoms with Gasteiger partial charge in [0.05, 0.1) is 6.33 Å². The first-order valence-corrected chi connectivity index (χ1v) is 8.56. The molecule has 26 heavy (non-hydrogen) atoms. The third-order valence-corrected chi connectivity index (χ3v) is 4.31. The predicted molar refractivity (Wildman–Crippen MR) is 100 cm³/mol. The highest BCUT2D eigenvalue weighted by Crippen LogP contribution is 2.23. The molecule has 2 heterocycles. The van der Waals surface area contributed by atoms with Crippen molar-refractivity contribution in [1.29, 1.82) is 0 Å². The lowest BCUT2D eigenvalue weighted by molar-refractivity contribution is 0.0925. The summed E-state index contributed by atoms with van der Waals surface area (Å²) in [5.74, 6) is 0.0224. The van der Waals surface area contributed by atoms with Crippen molar-refractivity contribution in [3.8, 4) is 0 Å². The average molecular weight is 366 g/mol. The molecule has 0 radical (unpaired) electrons. The van der Waals surface area contributed by atoms with Gasteiger partial charge in [0.2, 0.25) is 0 Å². The molecule has 0 fully saturated rings. The third-order valence-electron chi connectivity index (χ3n) is 4.07. The minimum Gasteiger partial charge on any atom is -0.451 e. The van der Waals surface area contributed by atoms with E-state index in [1.54, 1.807) is 36.8 Å². The summed E-state index contributed by atoms with van der Waals surface area (Å²) in [7, 11) is 0. The van der Waals surface area contributed by atoms with E-state index < -0.39 is 0 Å². The van der Waals surface area contributed by atoms with Crippen molar-refractivity contribution in [3.63, 3.8) is 0 Å². The van der Waals surface area contributed by atoms with Crippen LogP contribution in [0.1, 0.15) is 21.7 Å². The Balaban J connectivity index is 1.43. The molecule has 0 saturated carbocycles. The number of aromatic nitrogens is 2. The highest BCUT2D eigenvalue weighted by Gasteiger charge is 2.12. The number of hydrogen-bond acceptors (Lipinski definition) is 3. The molecule has 1 N–H and O–H groups in total. The zero-order valence-electron chi connectivity index (χ0n) is 13.9. The number of benzene rings is 2. The molecule has 2 aromatic heterocycles. The van der Waals surface area contributed by atoms with E-state index in [0.717, 1.165) is 23.1 Å². The summed E-state index contributed by atoms with van der Waals surface area (Å²) >= 11 is 5.97. The van der Waals surface area contributed by atoms with Crippen molar-refractivity contribution in [2.45, 2.75) is 13.1 Å². The minimum absolute atomic E-state index is 0.252. The van der Waals surface area contributed by atoms with E-state index in [-0.39, 0.29) is 11.7 Å². The van der Waals surface area contributed by atoms with Crippen LogP contribution >= 0.6 is 11.6 Å². The normalized spacial score (nSPS) is 11.0. The second-order valence-corrected chi connectivity index (χ2v) is 6.47. The summed E-state index contributed by atoms with van der Waals surface area (Å²) in [4.78, 5) is 16.4. The Morgan fingerprint density at radius 2 is 2.04 bits per heavy atom. The van der Waals surface area contributed by atoms with E-state index in [4.69, 9.17) is 16.0 Å². The van der Waals surface area contributed by atoms with Gasteiger partial charge in [-0.15, -0.1) is 0 Å². The molecule has 4 rings (SSSR count). The number of carbonyl (C=O) groups is 1.